The Hall–Kier alpha value is -6.73. The maximum atomic E-state index is 12.1. The van der Waals surface area contributed by atoms with Crippen LogP contribution in [-0.2, 0) is 14.2 Å². The Labute approximate surface area is 397 Å². The van der Waals surface area contributed by atoms with Crippen LogP contribution in [0, 0.1) is 23.7 Å². The molecule has 0 saturated heterocycles. The van der Waals surface area contributed by atoms with E-state index < -0.39 is 35.1 Å². The van der Waals surface area contributed by atoms with E-state index in [1.807, 2.05) is 129 Å². The molecule has 0 aliphatic rings. The summed E-state index contributed by atoms with van der Waals surface area (Å²) in [5.74, 6) is 15.6. The van der Waals surface area contributed by atoms with E-state index in [4.69, 9.17) is 33.2 Å². The first kappa shape index (κ1) is 52.9. The number of unbranched alkanes of at least 4 members (excludes halogenated alkanes) is 1. The number of benzene rings is 4. The molecule has 360 valence electrons. The SMILES string of the molecule is CCCCOc1cc(C#Cc2ccc3ccc(C#Cc4cc(OCCCNC(=O)OC(C)(C)C)cc(OCCCNC(=O)OC(C)(C)C)c4)cc3c2)cc(OCCCNC(=O)OC(C)(C)C)c1. The van der Waals surface area contributed by atoms with E-state index in [0.717, 1.165) is 40.3 Å². The number of ether oxygens (including phenoxy) is 7. The highest BCUT2D eigenvalue weighted by atomic mass is 16.6. The van der Waals surface area contributed by atoms with Crippen LogP contribution in [0.25, 0.3) is 10.8 Å². The lowest BCUT2D eigenvalue weighted by Gasteiger charge is -2.19. The van der Waals surface area contributed by atoms with Gasteiger partial charge < -0.3 is 49.1 Å². The maximum absolute atomic E-state index is 12.1. The van der Waals surface area contributed by atoms with E-state index in [1.54, 1.807) is 6.07 Å². The number of hydrogen-bond acceptors (Lipinski definition) is 10. The van der Waals surface area contributed by atoms with Gasteiger partial charge in [0.05, 0.1) is 26.4 Å². The molecule has 0 atom stereocenters. The molecule has 13 nitrogen and oxygen atoms in total. The van der Waals surface area contributed by atoms with E-state index in [2.05, 4.69) is 46.6 Å². The fourth-order valence-corrected chi connectivity index (χ4v) is 5.95. The fraction of sp³-hybridized carbons (Fsp3) is 0.463. The Bertz CT molecular complexity index is 2330. The molecule has 0 heterocycles. The van der Waals surface area contributed by atoms with Gasteiger partial charge in [-0.05, 0) is 147 Å². The molecule has 0 aliphatic heterocycles. The van der Waals surface area contributed by atoms with Crippen LogP contribution in [0.1, 0.15) is 124 Å². The molecule has 0 aromatic heterocycles. The predicted octanol–water partition coefficient (Wildman–Crippen LogP) is 10.7. The molecular weight excluding hydrogens is 851 g/mol. The molecule has 0 saturated carbocycles. The monoisotopic (exact) mass is 919 g/mol. The minimum atomic E-state index is -0.581. The summed E-state index contributed by atoms with van der Waals surface area (Å²) in [6.45, 7) is 21.3. The van der Waals surface area contributed by atoms with Gasteiger partial charge in [0.2, 0.25) is 0 Å². The Morgan fingerprint density at radius 2 is 0.731 bits per heavy atom. The summed E-state index contributed by atoms with van der Waals surface area (Å²) in [4.78, 5) is 36.1. The second kappa shape index (κ2) is 25.8. The van der Waals surface area contributed by atoms with Crippen molar-refractivity contribution in [3.05, 3.63) is 95.1 Å². The van der Waals surface area contributed by atoms with Gasteiger partial charge in [0, 0.05) is 54.0 Å². The first-order chi connectivity index (χ1) is 31.7. The quantitative estimate of drug-likeness (QED) is 0.0471. The lowest BCUT2D eigenvalue weighted by atomic mass is 10.0. The number of hydrogen-bond donors (Lipinski definition) is 3. The molecule has 0 bridgehead atoms. The van der Waals surface area contributed by atoms with Crippen LogP contribution in [0.2, 0.25) is 0 Å². The number of nitrogens with one attached hydrogen (secondary N) is 3. The Morgan fingerprint density at radius 3 is 1.04 bits per heavy atom. The van der Waals surface area contributed by atoms with Crippen molar-refractivity contribution in [1.29, 1.82) is 0 Å². The van der Waals surface area contributed by atoms with Crippen molar-refractivity contribution in [3.63, 3.8) is 0 Å². The van der Waals surface area contributed by atoms with Crippen molar-refractivity contribution in [1.82, 2.24) is 16.0 Å². The average molecular weight is 920 g/mol. The Kier molecular flexibility index (Phi) is 20.4. The molecule has 67 heavy (non-hydrogen) atoms. The number of fused-ring (bicyclic) bond motifs is 1. The number of rotatable bonds is 19. The fourth-order valence-electron chi connectivity index (χ4n) is 5.95. The number of alkyl carbamates (subject to hydrolysis) is 3. The molecule has 4 aromatic carbocycles. The first-order valence-corrected chi connectivity index (χ1v) is 23.0. The molecule has 4 rings (SSSR count). The van der Waals surface area contributed by atoms with Gasteiger partial charge in [-0.2, -0.15) is 0 Å². The van der Waals surface area contributed by atoms with Crippen molar-refractivity contribution < 1.29 is 47.5 Å². The molecule has 0 fully saturated rings. The van der Waals surface area contributed by atoms with Crippen LogP contribution in [0.4, 0.5) is 14.4 Å². The third-order valence-electron chi connectivity index (χ3n) is 8.84. The highest BCUT2D eigenvalue weighted by Gasteiger charge is 2.17. The van der Waals surface area contributed by atoms with Gasteiger partial charge in [-0.15, -0.1) is 0 Å². The third-order valence-corrected chi connectivity index (χ3v) is 8.84. The molecule has 0 radical (unpaired) electrons. The second-order valence-corrected chi connectivity index (χ2v) is 18.8. The van der Waals surface area contributed by atoms with Crippen LogP contribution >= 0.6 is 0 Å². The van der Waals surface area contributed by atoms with E-state index in [9.17, 15) is 14.4 Å². The summed E-state index contributed by atoms with van der Waals surface area (Å²) in [6, 6.07) is 23.3. The van der Waals surface area contributed by atoms with Gasteiger partial charge in [-0.25, -0.2) is 14.4 Å². The van der Waals surface area contributed by atoms with E-state index in [-0.39, 0.29) is 0 Å². The average Bonchev–Trinajstić information content (AvgIpc) is 3.22. The minimum absolute atomic E-state index is 0.339. The molecule has 3 N–H and O–H groups in total. The number of amides is 3. The zero-order valence-corrected chi connectivity index (χ0v) is 41.0. The van der Waals surface area contributed by atoms with Gasteiger partial charge in [0.25, 0.3) is 0 Å². The summed E-state index contributed by atoms with van der Waals surface area (Å²) in [5, 5.41) is 10.3. The standard InChI is InChI=1S/C54H69N3O10/c1-11-12-27-61-45-33-41(34-46(37-45)62-28-13-24-55-49(58)65-52(2,3)4)18-16-39-20-22-43-23-21-40(32-44(43)31-39)17-19-42-35-47(63-29-14-25-56-50(59)66-53(5,6)7)38-48(36-42)64-30-15-26-57-51(60)67-54(8,9)10/h20-23,31-38H,11-15,24-30H2,1-10H3,(H,55,58)(H,56,59)(H,57,60). The molecule has 0 unspecified atom stereocenters. The van der Waals surface area contributed by atoms with Crippen LogP contribution < -0.4 is 34.9 Å². The highest BCUT2D eigenvalue weighted by Crippen LogP contribution is 2.26. The van der Waals surface area contributed by atoms with Crippen LogP contribution in [0.15, 0.2) is 72.8 Å². The highest BCUT2D eigenvalue weighted by molar-refractivity contribution is 5.85. The normalized spacial score (nSPS) is 11.2. The predicted molar refractivity (Wildman–Crippen MR) is 262 cm³/mol. The molecule has 0 aliphatic carbocycles. The summed E-state index contributed by atoms with van der Waals surface area (Å²) in [5.41, 5.74) is 1.36. The van der Waals surface area contributed by atoms with Crippen LogP contribution in [0.5, 0.6) is 23.0 Å². The van der Waals surface area contributed by atoms with Gasteiger partial charge in [0.1, 0.15) is 39.8 Å². The lowest BCUT2D eigenvalue weighted by Crippen LogP contribution is -2.33. The Balaban J connectivity index is 1.47. The molecule has 4 aromatic rings. The first-order valence-electron chi connectivity index (χ1n) is 23.0. The third kappa shape index (κ3) is 22.3. The van der Waals surface area contributed by atoms with Gasteiger partial charge in [0.15, 0.2) is 0 Å². The zero-order valence-electron chi connectivity index (χ0n) is 41.0. The van der Waals surface area contributed by atoms with Crippen molar-refractivity contribution in [2.45, 2.75) is 118 Å². The van der Waals surface area contributed by atoms with E-state index >= 15 is 0 Å². The number of carbonyl (C=O) groups excluding carboxylic acids is 3. The molecular formula is C54H69N3O10. The van der Waals surface area contributed by atoms with Crippen molar-refractivity contribution in [2.24, 2.45) is 0 Å². The van der Waals surface area contributed by atoms with Crippen molar-refractivity contribution in [3.8, 4) is 46.7 Å². The zero-order chi connectivity index (χ0) is 48.9. The molecule has 3 amide bonds. The summed E-state index contributed by atoms with van der Waals surface area (Å²) in [7, 11) is 0. The Morgan fingerprint density at radius 1 is 0.418 bits per heavy atom. The minimum Gasteiger partial charge on any atom is -0.493 e. The second-order valence-electron chi connectivity index (χ2n) is 18.8. The smallest absolute Gasteiger partial charge is 0.407 e. The summed E-state index contributed by atoms with van der Waals surface area (Å²) >= 11 is 0. The van der Waals surface area contributed by atoms with Gasteiger partial charge >= 0.3 is 18.3 Å². The molecule has 0 spiro atoms. The van der Waals surface area contributed by atoms with Crippen LogP contribution in [-0.4, -0.2) is 81.1 Å². The van der Waals surface area contributed by atoms with Gasteiger partial charge in [-0.1, -0.05) is 49.2 Å². The van der Waals surface area contributed by atoms with Crippen molar-refractivity contribution >= 4 is 29.1 Å². The van der Waals surface area contributed by atoms with Gasteiger partial charge in [-0.3, -0.25) is 0 Å². The van der Waals surface area contributed by atoms with Crippen molar-refractivity contribution in [2.75, 3.05) is 46.1 Å². The van der Waals surface area contributed by atoms with Crippen LogP contribution in [0.3, 0.4) is 0 Å². The van der Waals surface area contributed by atoms with E-state index in [1.165, 1.54) is 0 Å². The lowest BCUT2D eigenvalue weighted by molar-refractivity contribution is 0.0513. The summed E-state index contributed by atoms with van der Waals surface area (Å²) in [6.07, 6.45) is 2.23. The van der Waals surface area contributed by atoms with E-state index in [0.29, 0.717) is 93.9 Å². The number of carbonyl (C=O) groups is 3. The maximum Gasteiger partial charge on any atom is 0.407 e. The molecule has 13 heteroatoms. The largest absolute Gasteiger partial charge is 0.493 e. The topological polar surface area (TPSA) is 152 Å². The summed E-state index contributed by atoms with van der Waals surface area (Å²) < 4.78 is 40.2.